The molecule has 0 saturated carbocycles. The lowest BCUT2D eigenvalue weighted by molar-refractivity contribution is 0.317. The summed E-state index contributed by atoms with van der Waals surface area (Å²) in [6.45, 7) is 6.28. The summed E-state index contributed by atoms with van der Waals surface area (Å²) in [4.78, 5) is 10.9. The highest BCUT2D eigenvalue weighted by Crippen LogP contribution is 2.10. The lowest BCUT2D eigenvalue weighted by Crippen LogP contribution is -2.23. The second-order valence-electron chi connectivity index (χ2n) is 5.19. The van der Waals surface area contributed by atoms with E-state index in [9.17, 15) is 0 Å². The summed E-state index contributed by atoms with van der Waals surface area (Å²) in [7, 11) is 2.14. The second kappa shape index (κ2) is 6.48. The first-order valence-electron chi connectivity index (χ1n) is 6.76. The van der Waals surface area contributed by atoms with Crippen LogP contribution < -0.4 is 0 Å². The summed E-state index contributed by atoms with van der Waals surface area (Å²) in [5.41, 5.74) is 2.41. The predicted octanol–water partition coefficient (Wildman–Crippen LogP) is 2.53. The first kappa shape index (κ1) is 13.7. The van der Waals surface area contributed by atoms with Gasteiger partial charge in [0.2, 0.25) is 0 Å². The molecular weight excluding hydrogens is 236 g/mol. The lowest BCUT2D eigenvalue weighted by Gasteiger charge is -2.19. The number of nitrogens with zero attached hydrogens (tertiary/aromatic N) is 4. The van der Waals surface area contributed by atoms with Crippen LogP contribution in [0.1, 0.15) is 31.3 Å². The van der Waals surface area contributed by atoms with E-state index in [-0.39, 0.29) is 0 Å². The second-order valence-corrected chi connectivity index (χ2v) is 5.19. The van der Waals surface area contributed by atoms with Gasteiger partial charge in [-0.2, -0.15) is 0 Å². The zero-order valence-corrected chi connectivity index (χ0v) is 12.0. The summed E-state index contributed by atoms with van der Waals surface area (Å²) >= 11 is 0. The standard InChI is InChI=1S/C15H22N4/c1-13(2)19-12-16-10-15(19)11-18(3)9-7-14-6-4-5-8-17-14/h4-6,8,10,12-13H,7,9,11H2,1-3H3. The van der Waals surface area contributed by atoms with Crippen molar-refractivity contribution < 1.29 is 0 Å². The SMILES string of the molecule is CC(C)n1cncc1CN(C)CCc1ccccn1. The van der Waals surface area contributed by atoms with Crippen LogP contribution in [-0.4, -0.2) is 33.0 Å². The number of rotatable bonds is 6. The summed E-state index contributed by atoms with van der Waals surface area (Å²) < 4.78 is 2.22. The molecule has 0 radical (unpaired) electrons. The van der Waals surface area contributed by atoms with Gasteiger partial charge in [-0.05, 0) is 33.0 Å². The zero-order chi connectivity index (χ0) is 13.7. The van der Waals surface area contributed by atoms with Gasteiger partial charge >= 0.3 is 0 Å². The molecule has 4 heteroatoms. The average Bonchev–Trinajstić information content (AvgIpc) is 2.86. The molecule has 4 nitrogen and oxygen atoms in total. The van der Waals surface area contributed by atoms with Crippen molar-refractivity contribution in [3.8, 4) is 0 Å². The van der Waals surface area contributed by atoms with Gasteiger partial charge in [-0.1, -0.05) is 6.07 Å². The van der Waals surface area contributed by atoms with Crippen LogP contribution in [0, 0.1) is 0 Å². The van der Waals surface area contributed by atoms with E-state index < -0.39 is 0 Å². The molecule has 0 bridgehead atoms. The molecule has 2 rings (SSSR count). The molecule has 0 amide bonds. The van der Waals surface area contributed by atoms with Gasteiger partial charge in [-0.15, -0.1) is 0 Å². The molecule has 0 aliphatic heterocycles. The maximum absolute atomic E-state index is 4.35. The highest BCUT2D eigenvalue weighted by molar-refractivity contribution is 5.04. The van der Waals surface area contributed by atoms with Crippen LogP contribution >= 0.6 is 0 Å². The van der Waals surface area contributed by atoms with E-state index in [4.69, 9.17) is 0 Å². The topological polar surface area (TPSA) is 34.0 Å². The van der Waals surface area contributed by atoms with Gasteiger partial charge in [-0.3, -0.25) is 4.98 Å². The Morgan fingerprint density at radius 3 is 2.84 bits per heavy atom. The average molecular weight is 258 g/mol. The van der Waals surface area contributed by atoms with Gasteiger partial charge in [-0.25, -0.2) is 4.98 Å². The van der Waals surface area contributed by atoms with Crippen LogP contribution in [0.3, 0.4) is 0 Å². The van der Waals surface area contributed by atoms with E-state index >= 15 is 0 Å². The molecule has 2 heterocycles. The number of hydrogen-bond acceptors (Lipinski definition) is 3. The number of imidazole rings is 1. The van der Waals surface area contributed by atoms with Gasteiger partial charge in [0, 0.05) is 43.6 Å². The minimum absolute atomic E-state index is 0.460. The van der Waals surface area contributed by atoms with Crippen molar-refractivity contribution in [3.63, 3.8) is 0 Å². The fraction of sp³-hybridized carbons (Fsp3) is 0.467. The van der Waals surface area contributed by atoms with E-state index in [1.165, 1.54) is 5.69 Å². The maximum Gasteiger partial charge on any atom is 0.0951 e. The molecule has 0 atom stereocenters. The lowest BCUT2D eigenvalue weighted by atomic mass is 10.2. The van der Waals surface area contributed by atoms with Gasteiger partial charge in [0.15, 0.2) is 0 Å². The molecule has 0 N–H and O–H groups in total. The normalized spacial score (nSPS) is 11.4. The van der Waals surface area contributed by atoms with Gasteiger partial charge in [0.05, 0.1) is 12.0 Å². The monoisotopic (exact) mass is 258 g/mol. The van der Waals surface area contributed by atoms with Crippen molar-refractivity contribution in [2.75, 3.05) is 13.6 Å². The van der Waals surface area contributed by atoms with Crippen LogP contribution in [0.4, 0.5) is 0 Å². The Hall–Kier alpha value is -1.68. The van der Waals surface area contributed by atoms with Crippen LogP contribution in [-0.2, 0) is 13.0 Å². The summed E-state index contributed by atoms with van der Waals surface area (Å²) in [5.74, 6) is 0. The minimum atomic E-state index is 0.460. The number of aromatic nitrogens is 3. The first-order valence-corrected chi connectivity index (χ1v) is 6.76. The van der Waals surface area contributed by atoms with E-state index in [0.717, 1.165) is 25.2 Å². The molecule has 0 unspecified atom stereocenters. The van der Waals surface area contributed by atoms with Crippen molar-refractivity contribution in [2.45, 2.75) is 32.9 Å². The summed E-state index contributed by atoms with van der Waals surface area (Å²) in [5, 5.41) is 0. The minimum Gasteiger partial charge on any atom is -0.331 e. The van der Waals surface area contributed by atoms with Gasteiger partial charge < -0.3 is 9.47 Å². The summed E-state index contributed by atoms with van der Waals surface area (Å²) in [6.07, 6.45) is 6.69. The molecule has 0 aliphatic carbocycles. The number of hydrogen-bond donors (Lipinski definition) is 0. The maximum atomic E-state index is 4.35. The zero-order valence-electron chi connectivity index (χ0n) is 12.0. The van der Waals surface area contributed by atoms with E-state index in [1.54, 1.807) is 0 Å². The third-order valence-corrected chi connectivity index (χ3v) is 3.21. The van der Waals surface area contributed by atoms with Gasteiger partial charge in [0.1, 0.15) is 0 Å². The molecule has 2 aromatic rings. The fourth-order valence-electron chi connectivity index (χ4n) is 2.13. The highest BCUT2D eigenvalue weighted by atomic mass is 15.1. The van der Waals surface area contributed by atoms with E-state index in [1.807, 2.05) is 30.9 Å². The Labute approximate surface area is 115 Å². The van der Waals surface area contributed by atoms with Crippen molar-refractivity contribution in [3.05, 3.63) is 48.3 Å². The largest absolute Gasteiger partial charge is 0.331 e. The van der Waals surface area contributed by atoms with Crippen LogP contribution in [0.15, 0.2) is 36.9 Å². The Bertz CT molecular complexity index is 490. The van der Waals surface area contributed by atoms with Gasteiger partial charge in [0.25, 0.3) is 0 Å². The smallest absolute Gasteiger partial charge is 0.0951 e. The van der Waals surface area contributed by atoms with Crippen molar-refractivity contribution in [1.82, 2.24) is 19.4 Å². The Balaban J connectivity index is 1.87. The third kappa shape index (κ3) is 3.89. The molecule has 2 aromatic heterocycles. The molecule has 0 saturated heterocycles. The molecule has 0 aromatic carbocycles. The molecule has 0 fully saturated rings. The molecule has 0 aliphatic rings. The molecule has 0 spiro atoms. The van der Waals surface area contributed by atoms with Crippen molar-refractivity contribution in [2.24, 2.45) is 0 Å². The number of likely N-dealkylation sites (N-methyl/N-ethyl adjacent to an activating group) is 1. The molecule has 19 heavy (non-hydrogen) atoms. The quantitative estimate of drug-likeness (QED) is 0.798. The van der Waals surface area contributed by atoms with Crippen LogP contribution in [0.25, 0.3) is 0 Å². The third-order valence-electron chi connectivity index (χ3n) is 3.21. The van der Waals surface area contributed by atoms with Crippen molar-refractivity contribution in [1.29, 1.82) is 0 Å². The Morgan fingerprint density at radius 2 is 2.16 bits per heavy atom. The van der Waals surface area contributed by atoms with E-state index in [2.05, 4.69) is 46.4 Å². The van der Waals surface area contributed by atoms with Crippen LogP contribution in [0.5, 0.6) is 0 Å². The Kier molecular flexibility index (Phi) is 4.68. The molecule has 102 valence electrons. The van der Waals surface area contributed by atoms with Crippen LogP contribution in [0.2, 0.25) is 0 Å². The predicted molar refractivity (Wildman–Crippen MR) is 76.9 cm³/mol. The fourth-order valence-corrected chi connectivity index (χ4v) is 2.13. The van der Waals surface area contributed by atoms with E-state index in [0.29, 0.717) is 6.04 Å². The summed E-state index contributed by atoms with van der Waals surface area (Å²) in [6, 6.07) is 6.53. The molecular formula is C15H22N4. The van der Waals surface area contributed by atoms with Crippen molar-refractivity contribution >= 4 is 0 Å². The first-order chi connectivity index (χ1) is 9.16. The number of pyridine rings is 1. The Morgan fingerprint density at radius 1 is 1.32 bits per heavy atom. The highest BCUT2D eigenvalue weighted by Gasteiger charge is 2.08.